The molecule has 0 saturated carbocycles. The molecule has 0 fully saturated rings. The molecule has 23 heavy (non-hydrogen) atoms. The van der Waals surface area contributed by atoms with Gasteiger partial charge >= 0.3 is 6.18 Å². The number of aromatic nitrogens is 3. The molecule has 114 valence electrons. The third-order valence-corrected chi connectivity index (χ3v) is 3.73. The molecule has 2 aromatic carbocycles. The van der Waals surface area contributed by atoms with Gasteiger partial charge in [-0.05, 0) is 35.7 Å². The summed E-state index contributed by atoms with van der Waals surface area (Å²) in [7, 11) is 0. The second kappa shape index (κ2) is 4.81. The van der Waals surface area contributed by atoms with Crippen LogP contribution >= 0.6 is 0 Å². The first-order valence-corrected chi connectivity index (χ1v) is 6.94. The van der Waals surface area contributed by atoms with Crippen LogP contribution in [0, 0.1) is 0 Å². The minimum Gasteiger partial charge on any atom is -0.275 e. The van der Waals surface area contributed by atoms with Gasteiger partial charge in [-0.2, -0.15) is 13.2 Å². The van der Waals surface area contributed by atoms with Crippen molar-refractivity contribution in [1.82, 2.24) is 14.6 Å². The van der Waals surface area contributed by atoms with Crippen LogP contribution in [0.1, 0.15) is 5.56 Å². The van der Waals surface area contributed by atoms with E-state index in [-0.39, 0.29) is 0 Å². The predicted molar refractivity (Wildman–Crippen MR) is 80.9 cm³/mol. The van der Waals surface area contributed by atoms with Gasteiger partial charge in [0.2, 0.25) is 0 Å². The standard InChI is InChI=1S/C17H10F3N3/c18-17(19,20)13-6-3-5-12(10-13)16-22-21-15-9-8-11-4-1-2-7-14(11)23(15)16/h1-10H. The minimum absolute atomic E-state index is 0.378. The summed E-state index contributed by atoms with van der Waals surface area (Å²) < 4.78 is 40.6. The van der Waals surface area contributed by atoms with Gasteiger partial charge in [0, 0.05) is 5.56 Å². The molecule has 0 saturated heterocycles. The molecule has 2 aromatic heterocycles. The Kier molecular flexibility index (Phi) is 2.87. The monoisotopic (exact) mass is 313 g/mol. The lowest BCUT2D eigenvalue weighted by molar-refractivity contribution is -0.137. The molecule has 0 aliphatic rings. The lowest BCUT2D eigenvalue weighted by Gasteiger charge is -2.09. The van der Waals surface area contributed by atoms with Gasteiger partial charge in [-0.3, -0.25) is 4.40 Å². The smallest absolute Gasteiger partial charge is 0.275 e. The number of halogens is 3. The summed E-state index contributed by atoms with van der Waals surface area (Å²) >= 11 is 0. The summed E-state index contributed by atoms with van der Waals surface area (Å²) in [6, 6.07) is 16.4. The zero-order valence-electron chi connectivity index (χ0n) is 11.7. The van der Waals surface area contributed by atoms with Crippen molar-refractivity contribution in [1.29, 1.82) is 0 Å². The van der Waals surface area contributed by atoms with Crippen molar-refractivity contribution in [3.8, 4) is 11.4 Å². The Balaban J connectivity index is 2.01. The summed E-state index contributed by atoms with van der Waals surface area (Å²) in [5, 5.41) is 9.12. The van der Waals surface area contributed by atoms with Gasteiger partial charge in [0.05, 0.1) is 11.1 Å². The van der Waals surface area contributed by atoms with E-state index in [2.05, 4.69) is 10.2 Å². The first-order valence-electron chi connectivity index (χ1n) is 6.94. The Morgan fingerprint density at radius 3 is 2.48 bits per heavy atom. The molecule has 0 radical (unpaired) electrons. The van der Waals surface area contributed by atoms with Crippen molar-refractivity contribution in [3.05, 3.63) is 66.2 Å². The first kappa shape index (κ1) is 13.8. The summed E-state index contributed by atoms with van der Waals surface area (Å²) in [6.45, 7) is 0. The molecule has 4 rings (SSSR count). The van der Waals surface area contributed by atoms with E-state index in [1.807, 2.05) is 30.3 Å². The maximum absolute atomic E-state index is 12.9. The van der Waals surface area contributed by atoms with Gasteiger partial charge in [-0.1, -0.05) is 30.3 Å². The van der Waals surface area contributed by atoms with E-state index < -0.39 is 11.7 Å². The molecule has 6 heteroatoms. The van der Waals surface area contributed by atoms with Gasteiger partial charge in [0.15, 0.2) is 11.5 Å². The van der Waals surface area contributed by atoms with Crippen LogP contribution in [0.2, 0.25) is 0 Å². The number of nitrogens with zero attached hydrogens (tertiary/aromatic N) is 3. The number of fused-ring (bicyclic) bond motifs is 3. The summed E-state index contributed by atoms with van der Waals surface area (Å²) in [6.07, 6.45) is -4.39. The van der Waals surface area contributed by atoms with Crippen molar-refractivity contribution >= 4 is 16.6 Å². The van der Waals surface area contributed by atoms with Gasteiger partial charge in [0.1, 0.15) is 0 Å². The molecule has 0 aliphatic heterocycles. The quantitative estimate of drug-likeness (QED) is 0.515. The highest BCUT2D eigenvalue weighted by Gasteiger charge is 2.30. The Bertz CT molecular complexity index is 1020. The van der Waals surface area contributed by atoms with Crippen molar-refractivity contribution in [3.63, 3.8) is 0 Å². The molecule has 0 amide bonds. The highest BCUT2D eigenvalue weighted by atomic mass is 19.4. The van der Waals surface area contributed by atoms with Crippen molar-refractivity contribution in [2.24, 2.45) is 0 Å². The average molecular weight is 313 g/mol. The molecule has 3 nitrogen and oxygen atoms in total. The highest BCUT2D eigenvalue weighted by Crippen LogP contribution is 2.32. The Hall–Kier alpha value is -2.89. The number of pyridine rings is 1. The fourth-order valence-corrected chi connectivity index (χ4v) is 2.66. The van der Waals surface area contributed by atoms with E-state index >= 15 is 0 Å². The van der Waals surface area contributed by atoms with Crippen molar-refractivity contribution in [2.45, 2.75) is 6.18 Å². The molecule has 0 aliphatic carbocycles. The van der Waals surface area contributed by atoms with Crippen LogP contribution in [0.3, 0.4) is 0 Å². The molecular formula is C17H10F3N3. The van der Waals surface area contributed by atoms with E-state index in [9.17, 15) is 13.2 Å². The third-order valence-electron chi connectivity index (χ3n) is 3.73. The second-order valence-electron chi connectivity index (χ2n) is 5.19. The van der Waals surface area contributed by atoms with Crippen LogP contribution in [-0.2, 0) is 6.18 Å². The fourth-order valence-electron chi connectivity index (χ4n) is 2.66. The van der Waals surface area contributed by atoms with Crippen molar-refractivity contribution in [2.75, 3.05) is 0 Å². The number of para-hydroxylation sites is 1. The van der Waals surface area contributed by atoms with Crippen molar-refractivity contribution < 1.29 is 13.2 Å². The fraction of sp³-hybridized carbons (Fsp3) is 0.0588. The van der Waals surface area contributed by atoms with Crippen LogP contribution in [0.5, 0.6) is 0 Å². The largest absolute Gasteiger partial charge is 0.416 e. The van der Waals surface area contributed by atoms with E-state index in [1.165, 1.54) is 6.07 Å². The van der Waals surface area contributed by atoms with Crippen LogP contribution in [0.4, 0.5) is 13.2 Å². The molecule has 0 unspecified atom stereocenters. The summed E-state index contributed by atoms with van der Waals surface area (Å²) in [4.78, 5) is 0. The number of hydrogen-bond acceptors (Lipinski definition) is 2. The number of hydrogen-bond donors (Lipinski definition) is 0. The molecule has 4 aromatic rings. The van der Waals surface area contributed by atoms with Crippen LogP contribution in [0.15, 0.2) is 60.7 Å². The van der Waals surface area contributed by atoms with Gasteiger partial charge < -0.3 is 0 Å². The third kappa shape index (κ3) is 2.23. The molecule has 0 bridgehead atoms. The molecular weight excluding hydrogens is 303 g/mol. The normalized spacial score (nSPS) is 12.1. The Labute approximate surface area is 129 Å². The lowest BCUT2D eigenvalue weighted by atomic mass is 10.1. The van der Waals surface area contributed by atoms with Gasteiger partial charge in [-0.25, -0.2) is 0 Å². The average Bonchev–Trinajstić information content (AvgIpc) is 2.99. The summed E-state index contributed by atoms with van der Waals surface area (Å²) in [5.41, 5.74) is 1.12. The minimum atomic E-state index is -4.39. The highest BCUT2D eigenvalue weighted by molar-refractivity contribution is 5.84. The van der Waals surface area contributed by atoms with Crippen LogP contribution in [-0.4, -0.2) is 14.6 Å². The number of benzene rings is 2. The topological polar surface area (TPSA) is 30.2 Å². The van der Waals surface area contributed by atoms with E-state index in [0.717, 1.165) is 23.0 Å². The molecule has 2 heterocycles. The number of rotatable bonds is 1. The van der Waals surface area contributed by atoms with E-state index in [4.69, 9.17) is 0 Å². The molecule has 0 atom stereocenters. The maximum Gasteiger partial charge on any atom is 0.416 e. The van der Waals surface area contributed by atoms with Gasteiger partial charge in [0.25, 0.3) is 0 Å². The lowest BCUT2D eigenvalue weighted by Crippen LogP contribution is -2.04. The molecule has 0 N–H and O–H groups in total. The Morgan fingerprint density at radius 1 is 0.826 bits per heavy atom. The number of alkyl halides is 3. The second-order valence-corrected chi connectivity index (χ2v) is 5.19. The summed E-state index contributed by atoms with van der Waals surface area (Å²) in [5.74, 6) is 0.392. The Morgan fingerprint density at radius 2 is 1.65 bits per heavy atom. The van der Waals surface area contributed by atoms with E-state index in [0.29, 0.717) is 17.0 Å². The zero-order chi connectivity index (χ0) is 16.0. The van der Waals surface area contributed by atoms with Crippen LogP contribution in [0.25, 0.3) is 27.9 Å². The zero-order valence-corrected chi connectivity index (χ0v) is 11.7. The van der Waals surface area contributed by atoms with E-state index in [1.54, 1.807) is 16.5 Å². The first-order chi connectivity index (χ1) is 11.0. The predicted octanol–water partition coefficient (Wildman–Crippen LogP) is 4.57. The maximum atomic E-state index is 12.9. The SMILES string of the molecule is FC(F)(F)c1cccc(-c2nnc3ccc4ccccc4n23)c1. The van der Waals surface area contributed by atoms with Crippen LogP contribution < -0.4 is 0 Å². The van der Waals surface area contributed by atoms with Gasteiger partial charge in [-0.15, -0.1) is 10.2 Å². The molecule has 0 spiro atoms.